The van der Waals surface area contributed by atoms with E-state index in [-0.39, 0.29) is 13.2 Å². The first-order valence-corrected chi connectivity index (χ1v) is 11.3. The molecule has 3 aromatic carbocycles. The van der Waals surface area contributed by atoms with Gasteiger partial charge in [0.05, 0.1) is 13.2 Å². The van der Waals surface area contributed by atoms with Crippen molar-refractivity contribution >= 4 is 11.9 Å². The van der Waals surface area contributed by atoms with Gasteiger partial charge in [-0.2, -0.15) is 0 Å². The van der Waals surface area contributed by atoms with Crippen LogP contribution >= 0.6 is 0 Å². The third kappa shape index (κ3) is 8.03. The summed E-state index contributed by atoms with van der Waals surface area (Å²) in [5.41, 5.74) is 2.29. The van der Waals surface area contributed by atoms with Crippen molar-refractivity contribution in [3.63, 3.8) is 0 Å². The van der Waals surface area contributed by atoms with Gasteiger partial charge in [-0.25, -0.2) is 9.59 Å². The van der Waals surface area contributed by atoms with Gasteiger partial charge in [0.25, 0.3) is 0 Å². The molecule has 0 aliphatic rings. The molecule has 184 valence electrons. The van der Waals surface area contributed by atoms with Crippen molar-refractivity contribution in [2.45, 2.75) is 24.9 Å². The summed E-state index contributed by atoms with van der Waals surface area (Å²) in [6, 6.07) is 27.6. The predicted octanol–water partition coefficient (Wildman–Crippen LogP) is 4.43. The smallest absolute Gasteiger partial charge is 0.340 e. The van der Waals surface area contributed by atoms with E-state index in [1.165, 1.54) is 14.2 Å². The van der Waals surface area contributed by atoms with E-state index in [0.29, 0.717) is 17.7 Å². The van der Waals surface area contributed by atoms with Gasteiger partial charge in [-0.3, -0.25) is 0 Å². The first-order valence-electron chi connectivity index (χ1n) is 11.3. The molecule has 35 heavy (non-hydrogen) atoms. The van der Waals surface area contributed by atoms with Crippen molar-refractivity contribution in [3.8, 4) is 0 Å². The molecule has 7 heteroatoms. The number of esters is 2. The van der Waals surface area contributed by atoms with Crippen LogP contribution in [0.25, 0.3) is 0 Å². The van der Waals surface area contributed by atoms with Crippen LogP contribution in [0.2, 0.25) is 0 Å². The minimum absolute atomic E-state index is 0.0299. The van der Waals surface area contributed by atoms with Crippen LogP contribution in [-0.2, 0) is 39.9 Å². The molecule has 0 fully saturated rings. The average molecular weight is 479 g/mol. The molecule has 0 radical (unpaired) electrons. The minimum atomic E-state index is -0.917. The summed E-state index contributed by atoms with van der Waals surface area (Å²) in [6.07, 6.45) is -2.65. The van der Waals surface area contributed by atoms with Crippen molar-refractivity contribution in [3.05, 3.63) is 108 Å². The molecule has 0 saturated carbocycles. The summed E-state index contributed by atoms with van der Waals surface area (Å²) in [6.45, 7) is 0.152. The number of carbonyl (C=O) groups excluding carboxylic acids is 2. The quantitative estimate of drug-likeness (QED) is 0.336. The molecule has 0 heterocycles. The van der Waals surface area contributed by atoms with Crippen LogP contribution in [0, 0.1) is 0 Å². The lowest BCUT2D eigenvalue weighted by atomic mass is 10.1. The van der Waals surface area contributed by atoms with E-state index in [0.717, 1.165) is 5.56 Å². The lowest BCUT2D eigenvalue weighted by Crippen LogP contribution is -2.33. The Morgan fingerprint density at radius 1 is 0.657 bits per heavy atom. The van der Waals surface area contributed by atoms with Crippen LogP contribution < -0.4 is 0 Å². The molecular weight excluding hydrogens is 448 g/mol. The van der Waals surface area contributed by atoms with Gasteiger partial charge < -0.3 is 23.7 Å². The maximum Gasteiger partial charge on any atom is 0.340 e. The molecule has 0 unspecified atom stereocenters. The third-order valence-corrected chi connectivity index (χ3v) is 5.21. The highest BCUT2D eigenvalue weighted by Gasteiger charge is 2.28. The molecule has 3 rings (SSSR count). The number of hydrogen-bond acceptors (Lipinski definition) is 7. The zero-order valence-corrected chi connectivity index (χ0v) is 19.9. The summed E-state index contributed by atoms with van der Waals surface area (Å²) < 4.78 is 27.6. The fourth-order valence-corrected chi connectivity index (χ4v) is 3.47. The number of ether oxygens (including phenoxy) is 5. The first kappa shape index (κ1) is 26.1. The van der Waals surface area contributed by atoms with Crippen molar-refractivity contribution in [2.24, 2.45) is 0 Å². The first-order chi connectivity index (χ1) is 17.1. The average Bonchev–Trinajstić information content (AvgIpc) is 2.90. The van der Waals surface area contributed by atoms with E-state index >= 15 is 0 Å². The van der Waals surface area contributed by atoms with Crippen LogP contribution in [0.1, 0.15) is 28.9 Å². The van der Waals surface area contributed by atoms with E-state index in [1.807, 2.05) is 66.7 Å². The Balaban J connectivity index is 1.65. The SMILES string of the molecule is CO[C@@H](C(=O)OC[C@H](COCc1ccccc1)OC(=O)[C@H](OC)c1ccccc1)c1ccccc1. The second kappa shape index (κ2) is 14.0. The van der Waals surface area contributed by atoms with E-state index in [9.17, 15) is 9.59 Å². The van der Waals surface area contributed by atoms with Gasteiger partial charge in [0.15, 0.2) is 18.3 Å². The molecule has 0 aliphatic heterocycles. The van der Waals surface area contributed by atoms with Crippen molar-refractivity contribution in [2.75, 3.05) is 27.4 Å². The maximum absolute atomic E-state index is 12.9. The lowest BCUT2D eigenvalue weighted by molar-refractivity contribution is -0.175. The zero-order chi connectivity index (χ0) is 24.9. The fourth-order valence-electron chi connectivity index (χ4n) is 3.47. The molecule has 0 aliphatic carbocycles. The predicted molar refractivity (Wildman–Crippen MR) is 129 cm³/mol. The van der Waals surface area contributed by atoms with E-state index in [4.69, 9.17) is 23.7 Å². The van der Waals surface area contributed by atoms with Crippen LogP contribution in [0.4, 0.5) is 0 Å². The van der Waals surface area contributed by atoms with Gasteiger partial charge in [-0.15, -0.1) is 0 Å². The molecule has 0 bridgehead atoms. The number of methoxy groups -OCH3 is 2. The van der Waals surface area contributed by atoms with E-state index in [2.05, 4.69) is 0 Å². The van der Waals surface area contributed by atoms with Gasteiger partial charge in [0, 0.05) is 14.2 Å². The standard InChI is InChI=1S/C28H30O7/c1-31-25(22-14-8-4-9-15-22)27(29)34-20-24(19-33-18-21-12-6-3-7-13-21)35-28(30)26(32-2)23-16-10-5-11-17-23/h3-17,24-26H,18-20H2,1-2H3/t24-,25+,26+/m0/s1. The van der Waals surface area contributed by atoms with Gasteiger partial charge >= 0.3 is 11.9 Å². The van der Waals surface area contributed by atoms with Gasteiger partial charge in [-0.05, 0) is 16.7 Å². The van der Waals surface area contributed by atoms with Crippen LogP contribution in [0.5, 0.6) is 0 Å². The molecular formula is C28H30O7. The lowest BCUT2D eigenvalue weighted by Gasteiger charge is -2.22. The van der Waals surface area contributed by atoms with Crippen molar-refractivity contribution in [1.82, 2.24) is 0 Å². The summed E-state index contributed by atoms with van der Waals surface area (Å²) in [5.74, 6) is -1.19. The monoisotopic (exact) mass is 478 g/mol. The third-order valence-electron chi connectivity index (χ3n) is 5.21. The minimum Gasteiger partial charge on any atom is -0.459 e. The summed E-state index contributed by atoms with van der Waals surface area (Å²) >= 11 is 0. The molecule has 7 nitrogen and oxygen atoms in total. The number of rotatable bonds is 13. The molecule has 0 spiro atoms. The topological polar surface area (TPSA) is 80.3 Å². The van der Waals surface area contributed by atoms with Gasteiger partial charge in [0.2, 0.25) is 0 Å². The zero-order valence-electron chi connectivity index (χ0n) is 19.9. The Morgan fingerprint density at radius 2 is 1.14 bits per heavy atom. The number of carbonyl (C=O) groups is 2. The van der Waals surface area contributed by atoms with Crippen LogP contribution in [0.3, 0.4) is 0 Å². The Morgan fingerprint density at radius 3 is 1.66 bits per heavy atom. The van der Waals surface area contributed by atoms with E-state index in [1.54, 1.807) is 24.3 Å². The van der Waals surface area contributed by atoms with Gasteiger partial charge in [0.1, 0.15) is 6.61 Å². The highest BCUT2D eigenvalue weighted by Crippen LogP contribution is 2.21. The Hall–Kier alpha value is -3.52. The number of benzene rings is 3. The second-order valence-electron chi connectivity index (χ2n) is 7.74. The molecule has 3 atom stereocenters. The van der Waals surface area contributed by atoms with Crippen LogP contribution in [-0.4, -0.2) is 45.5 Å². The van der Waals surface area contributed by atoms with Crippen LogP contribution in [0.15, 0.2) is 91.0 Å². The maximum atomic E-state index is 12.9. The number of hydrogen-bond donors (Lipinski definition) is 0. The summed E-state index contributed by atoms with van der Waals surface area (Å²) in [5, 5.41) is 0. The summed E-state index contributed by atoms with van der Waals surface area (Å²) in [4.78, 5) is 25.6. The molecule has 3 aromatic rings. The van der Waals surface area contributed by atoms with Crippen molar-refractivity contribution < 1.29 is 33.3 Å². The molecule has 0 N–H and O–H groups in total. The Bertz CT molecular complexity index is 1020. The largest absolute Gasteiger partial charge is 0.459 e. The Kier molecular flexibility index (Phi) is 10.4. The molecule has 0 saturated heterocycles. The fraction of sp³-hybridized carbons (Fsp3) is 0.286. The Labute approximate surface area is 205 Å². The van der Waals surface area contributed by atoms with E-state index < -0.39 is 30.3 Å². The highest BCUT2D eigenvalue weighted by molar-refractivity contribution is 5.77. The molecule has 0 aromatic heterocycles. The second-order valence-corrected chi connectivity index (χ2v) is 7.74. The highest BCUT2D eigenvalue weighted by atomic mass is 16.6. The van der Waals surface area contributed by atoms with Crippen molar-refractivity contribution in [1.29, 1.82) is 0 Å². The van der Waals surface area contributed by atoms with Gasteiger partial charge in [-0.1, -0.05) is 91.0 Å². The summed E-state index contributed by atoms with van der Waals surface area (Å²) in [7, 11) is 2.87. The normalized spacial score (nSPS) is 13.4. The molecule has 0 amide bonds.